The van der Waals surface area contributed by atoms with Crippen LogP contribution in [0.2, 0.25) is 0 Å². The van der Waals surface area contributed by atoms with Gasteiger partial charge in [0, 0.05) is 31.7 Å². The maximum absolute atomic E-state index is 6.33. The first kappa shape index (κ1) is 12.4. The van der Waals surface area contributed by atoms with E-state index in [0.29, 0.717) is 5.92 Å². The number of hydrogen-bond acceptors (Lipinski definition) is 4. The highest BCUT2D eigenvalue weighted by atomic mass is 16.5. The molecule has 0 aromatic carbocycles. The van der Waals surface area contributed by atoms with E-state index in [1.165, 1.54) is 0 Å². The van der Waals surface area contributed by atoms with E-state index < -0.39 is 0 Å². The van der Waals surface area contributed by atoms with Crippen LogP contribution < -0.4 is 5.73 Å². The van der Waals surface area contributed by atoms with Gasteiger partial charge in [-0.05, 0) is 18.6 Å². The van der Waals surface area contributed by atoms with Crippen LogP contribution in [0.25, 0.3) is 0 Å². The van der Waals surface area contributed by atoms with Crippen LogP contribution in [0.3, 0.4) is 0 Å². The Morgan fingerprint density at radius 3 is 3.21 bits per heavy atom. The lowest BCUT2D eigenvalue weighted by Crippen LogP contribution is -2.24. The highest BCUT2D eigenvalue weighted by molar-refractivity contribution is 5.08. The highest BCUT2D eigenvalue weighted by Crippen LogP contribution is 2.26. The van der Waals surface area contributed by atoms with Crippen LogP contribution in [0.15, 0.2) is 35.3 Å². The number of rotatable bonds is 5. The SMILES string of the molecule is NC(c1cncn1CCc1ccco1)C1CCOC1. The molecule has 2 aromatic heterocycles. The van der Waals surface area contributed by atoms with Gasteiger partial charge in [-0.3, -0.25) is 0 Å². The number of imidazole rings is 1. The van der Waals surface area contributed by atoms with Crippen molar-refractivity contribution < 1.29 is 9.15 Å². The van der Waals surface area contributed by atoms with E-state index >= 15 is 0 Å². The molecule has 3 rings (SSSR count). The monoisotopic (exact) mass is 261 g/mol. The van der Waals surface area contributed by atoms with Crippen molar-refractivity contribution in [3.63, 3.8) is 0 Å². The zero-order chi connectivity index (χ0) is 13.1. The van der Waals surface area contributed by atoms with Crippen molar-refractivity contribution in [1.82, 2.24) is 9.55 Å². The van der Waals surface area contributed by atoms with Crippen LogP contribution in [-0.4, -0.2) is 22.8 Å². The minimum absolute atomic E-state index is 0.00148. The Balaban J connectivity index is 1.67. The molecule has 2 unspecified atom stereocenters. The van der Waals surface area contributed by atoms with Gasteiger partial charge in [0.25, 0.3) is 0 Å². The lowest BCUT2D eigenvalue weighted by molar-refractivity contribution is 0.180. The molecule has 3 heterocycles. The summed E-state index contributed by atoms with van der Waals surface area (Å²) < 4.78 is 12.9. The highest BCUT2D eigenvalue weighted by Gasteiger charge is 2.26. The van der Waals surface area contributed by atoms with Crippen molar-refractivity contribution in [3.05, 3.63) is 42.4 Å². The van der Waals surface area contributed by atoms with Crippen LogP contribution in [0.5, 0.6) is 0 Å². The fraction of sp³-hybridized carbons (Fsp3) is 0.500. The topological polar surface area (TPSA) is 66.2 Å². The minimum atomic E-state index is 0.00148. The first-order valence-corrected chi connectivity index (χ1v) is 6.70. The van der Waals surface area contributed by atoms with Crippen LogP contribution >= 0.6 is 0 Å². The smallest absolute Gasteiger partial charge is 0.105 e. The fourth-order valence-corrected chi connectivity index (χ4v) is 2.56. The molecule has 0 spiro atoms. The largest absolute Gasteiger partial charge is 0.469 e. The third-order valence-corrected chi connectivity index (χ3v) is 3.74. The van der Waals surface area contributed by atoms with Gasteiger partial charge in [0.2, 0.25) is 0 Å². The number of hydrogen-bond donors (Lipinski definition) is 1. The predicted octanol–water partition coefficient (Wildman–Crippen LogP) is 1.76. The second-order valence-corrected chi connectivity index (χ2v) is 4.99. The van der Waals surface area contributed by atoms with Gasteiger partial charge in [-0.2, -0.15) is 0 Å². The molecule has 0 bridgehead atoms. The van der Waals surface area contributed by atoms with Crippen molar-refractivity contribution in [3.8, 4) is 0 Å². The van der Waals surface area contributed by atoms with E-state index in [4.69, 9.17) is 14.9 Å². The van der Waals surface area contributed by atoms with E-state index in [1.807, 2.05) is 24.7 Å². The number of nitrogens with two attached hydrogens (primary N) is 1. The normalized spacial score (nSPS) is 20.8. The Morgan fingerprint density at radius 1 is 1.53 bits per heavy atom. The molecule has 2 aromatic rings. The second-order valence-electron chi connectivity index (χ2n) is 4.99. The molecule has 1 saturated heterocycles. The fourth-order valence-electron chi connectivity index (χ4n) is 2.56. The maximum atomic E-state index is 6.33. The summed E-state index contributed by atoms with van der Waals surface area (Å²) in [7, 11) is 0. The molecule has 1 fully saturated rings. The predicted molar refractivity (Wildman–Crippen MR) is 70.5 cm³/mol. The summed E-state index contributed by atoms with van der Waals surface area (Å²) in [5.74, 6) is 1.39. The van der Waals surface area contributed by atoms with Gasteiger partial charge in [-0.15, -0.1) is 0 Å². The van der Waals surface area contributed by atoms with Crippen LogP contribution in [0.4, 0.5) is 0 Å². The van der Waals surface area contributed by atoms with E-state index in [1.54, 1.807) is 6.26 Å². The van der Waals surface area contributed by atoms with Gasteiger partial charge in [0.05, 0.1) is 30.9 Å². The summed E-state index contributed by atoms with van der Waals surface area (Å²) in [6.07, 6.45) is 7.29. The van der Waals surface area contributed by atoms with Crippen LogP contribution in [0, 0.1) is 5.92 Å². The van der Waals surface area contributed by atoms with E-state index in [0.717, 1.165) is 44.1 Å². The van der Waals surface area contributed by atoms with Crippen molar-refractivity contribution in [2.45, 2.75) is 25.4 Å². The molecule has 5 nitrogen and oxygen atoms in total. The summed E-state index contributed by atoms with van der Waals surface area (Å²) >= 11 is 0. The van der Waals surface area contributed by atoms with Gasteiger partial charge in [-0.25, -0.2) is 4.98 Å². The zero-order valence-corrected chi connectivity index (χ0v) is 10.9. The molecule has 2 N–H and O–H groups in total. The summed E-state index contributed by atoms with van der Waals surface area (Å²) in [6, 6.07) is 3.90. The Hall–Kier alpha value is -1.59. The van der Waals surface area contributed by atoms with E-state index in [2.05, 4.69) is 9.55 Å². The molecule has 2 atom stereocenters. The van der Waals surface area contributed by atoms with Gasteiger partial charge >= 0.3 is 0 Å². The molecular weight excluding hydrogens is 242 g/mol. The van der Waals surface area contributed by atoms with Crippen LogP contribution in [0.1, 0.15) is 23.9 Å². The first-order chi connectivity index (χ1) is 9.34. The second kappa shape index (κ2) is 5.59. The molecule has 1 aliphatic rings. The number of ether oxygens (including phenoxy) is 1. The van der Waals surface area contributed by atoms with E-state index in [9.17, 15) is 0 Å². The lowest BCUT2D eigenvalue weighted by atomic mass is 9.97. The summed E-state index contributed by atoms with van der Waals surface area (Å²) in [6.45, 7) is 2.41. The first-order valence-electron chi connectivity index (χ1n) is 6.70. The Kier molecular flexibility index (Phi) is 3.66. The van der Waals surface area contributed by atoms with Crippen molar-refractivity contribution >= 4 is 0 Å². The van der Waals surface area contributed by atoms with Crippen molar-refractivity contribution in [2.24, 2.45) is 11.7 Å². The van der Waals surface area contributed by atoms with Gasteiger partial charge in [0.15, 0.2) is 0 Å². The van der Waals surface area contributed by atoms with Gasteiger partial charge < -0.3 is 19.5 Å². The molecule has 0 radical (unpaired) electrons. The quantitative estimate of drug-likeness (QED) is 0.890. The van der Waals surface area contributed by atoms with Gasteiger partial charge in [0.1, 0.15) is 5.76 Å². The third-order valence-electron chi connectivity index (χ3n) is 3.74. The Morgan fingerprint density at radius 2 is 2.47 bits per heavy atom. The van der Waals surface area contributed by atoms with Crippen molar-refractivity contribution in [1.29, 1.82) is 0 Å². The number of aromatic nitrogens is 2. The molecular formula is C14H19N3O2. The molecule has 0 aliphatic carbocycles. The molecule has 5 heteroatoms. The lowest BCUT2D eigenvalue weighted by Gasteiger charge is -2.19. The standard InChI is InChI=1S/C14H19N3O2/c15-14(11-4-7-18-9-11)13-8-16-10-17(13)5-3-12-2-1-6-19-12/h1-2,6,8,10-11,14H,3-5,7,9,15H2. The van der Waals surface area contributed by atoms with E-state index in [-0.39, 0.29) is 6.04 Å². The summed E-state index contributed by atoms with van der Waals surface area (Å²) in [5, 5.41) is 0. The maximum Gasteiger partial charge on any atom is 0.105 e. The average Bonchev–Trinajstić information content (AvgIpc) is 3.16. The minimum Gasteiger partial charge on any atom is -0.469 e. The molecule has 19 heavy (non-hydrogen) atoms. The zero-order valence-electron chi connectivity index (χ0n) is 10.9. The third kappa shape index (κ3) is 2.72. The Labute approximate surface area is 112 Å². The average molecular weight is 261 g/mol. The molecule has 102 valence electrons. The molecule has 0 amide bonds. The van der Waals surface area contributed by atoms with Crippen LogP contribution in [-0.2, 0) is 17.7 Å². The van der Waals surface area contributed by atoms with Gasteiger partial charge in [-0.1, -0.05) is 0 Å². The Bertz CT molecular complexity index is 501. The summed E-state index contributed by atoms with van der Waals surface area (Å²) in [4.78, 5) is 4.23. The number of furan rings is 1. The number of aryl methyl sites for hydroxylation is 2. The molecule has 0 saturated carbocycles. The molecule has 1 aliphatic heterocycles. The number of nitrogens with zero attached hydrogens (tertiary/aromatic N) is 2. The van der Waals surface area contributed by atoms with Crippen molar-refractivity contribution in [2.75, 3.05) is 13.2 Å². The summed E-state index contributed by atoms with van der Waals surface area (Å²) in [5.41, 5.74) is 7.42.